The van der Waals surface area contributed by atoms with Crippen molar-refractivity contribution in [2.45, 2.75) is 56.0 Å². The first-order chi connectivity index (χ1) is 16.4. The highest BCUT2D eigenvalue weighted by Crippen LogP contribution is 2.49. The second-order valence-corrected chi connectivity index (χ2v) is 10.5. The molecule has 1 aliphatic heterocycles. The molecule has 0 atom stereocenters. The SMILES string of the molecule is CN(C)C1(c2ccccc2)CCC2(CC1)CN(CC(=O)Nc1cnco1)C(=O)N2CC1CCC1. The van der Waals surface area contributed by atoms with Gasteiger partial charge in [-0.15, -0.1) is 0 Å². The molecule has 0 unspecified atom stereocenters. The molecule has 1 aromatic carbocycles. The van der Waals surface area contributed by atoms with E-state index in [2.05, 4.69) is 64.5 Å². The van der Waals surface area contributed by atoms with Crippen LogP contribution in [-0.4, -0.2) is 70.9 Å². The summed E-state index contributed by atoms with van der Waals surface area (Å²) in [4.78, 5) is 36.3. The predicted molar refractivity (Wildman–Crippen MR) is 129 cm³/mol. The second-order valence-electron chi connectivity index (χ2n) is 10.5. The number of benzene rings is 1. The zero-order chi connectivity index (χ0) is 23.8. The van der Waals surface area contributed by atoms with Gasteiger partial charge in [0.15, 0.2) is 6.39 Å². The number of aromatic nitrogens is 1. The lowest BCUT2D eigenvalue weighted by atomic mass is 9.68. The van der Waals surface area contributed by atoms with E-state index in [1.165, 1.54) is 37.4 Å². The van der Waals surface area contributed by atoms with Crippen LogP contribution in [0.2, 0.25) is 0 Å². The van der Waals surface area contributed by atoms with Gasteiger partial charge in [0.05, 0.1) is 11.7 Å². The minimum absolute atomic E-state index is 0.00307. The zero-order valence-corrected chi connectivity index (χ0v) is 20.2. The molecular formula is C26H35N5O3. The molecule has 0 radical (unpaired) electrons. The molecule has 182 valence electrons. The second kappa shape index (κ2) is 9.06. The average Bonchev–Trinajstić information content (AvgIpc) is 3.39. The van der Waals surface area contributed by atoms with Crippen LogP contribution in [0.3, 0.4) is 0 Å². The Morgan fingerprint density at radius 3 is 2.50 bits per heavy atom. The zero-order valence-electron chi connectivity index (χ0n) is 20.2. The lowest BCUT2D eigenvalue weighted by Crippen LogP contribution is -2.56. The standard InChI is InChI=1S/C26H35N5O3/c1-29(2)26(21-9-4-3-5-10-21)13-11-25(12-14-26)18-30(17-22(32)28-23-15-27-19-34-23)24(33)31(25)16-20-7-6-8-20/h3-5,9-10,15,19-20H,6-8,11-14,16-18H2,1-2H3,(H,28,32). The number of oxazole rings is 1. The number of nitrogens with zero attached hydrogens (tertiary/aromatic N) is 4. The molecule has 2 aliphatic carbocycles. The van der Waals surface area contributed by atoms with Gasteiger partial charge in [0.2, 0.25) is 11.8 Å². The minimum atomic E-state index is -0.256. The fraction of sp³-hybridized carbons (Fsp3) is 0.577. The molecule has 2 aromatic rings. The molecule has 1 saturated heterocycles. The molecular weight excluding hydrogens is 430 g/mol. The smallest absolute Gasteiger partial charge is 0.321 e. The summed E-state index contributed by atoms with van der Waals surface area (Å²) in [7, 11) is 4.33. The van der Waals surface area contributed by atoms with Gasteiger partial charge in [-0.2, -0.15) is 0 Å². The van der Waals surface area contributed by atoms with Crippen molar-refractivity contribution >= 4 is 17.8 Å². The van der Waals surface area contributed by atoms with Gasteiger partial charge >= 0.3 is 6.03 Å². The van der Waals surface area contributed by atoms with Crippen LogP contribution in [0.4, 0.5) is 10.7 Å². The van der Waals surface area contributed by atoms with Crippen LogP contribution in [0.25, 0.3) is 0 Å². The Morgan fingerprint density at radius 2 is 1.91 bits per heavy atom. The van der Waals surface area contributed by atoms with Gasteiger partial charge in [0, 0.05) is 18.6 Å². The molecule has 3 aliphatic rings. The molecule has 3 amide bonds. The predicted octanol–water partition coefficient (Wildman–Crippen LogP) is 3.92. The van der Waals surface area contributed by atoms with Crippen molar-refractivity contribution in [1.82, 2.24) is 19.7 Å². The minimum Gasteiger partial charge on any atom is -0.428 e. The first-order valence-electron chi connectivity index (χ1n) is 12.4. The molecule has 8 nitrogen and oxygen atoms in total. The third-order valence-electron chi connectivity index (χ3n) is 8.43. The number of urea groups is 1. The molecule has 2 saturated carbocycles. The van der Waals surface area contributed by atoms with E-state index in [9.17, 15) is 9.59 Å². The van der Waals surface area contributed by atoms with Crippen LogP contribution in [0.5, 0.6) is 0 Å². The van der Waals surface area contributed by atoms with Crippen molar-refractivity contribution in [1.29, 1.82) is 0 Å². The molecule has 1 N–H and O–H groups in total. The van der Waals surface area contributed by atoms with Crippen molar-refractivity contribution in [2.75, 3.05) is 39.0 Å². The van der Waals surface area contributed by atoms with E-state index in [4.69, 9.17) is 4.42 Å². The van der Waals surface area contributed by atoms with Crippen molar-refractivity contribution in [3.63, 3.8) is 0 Å². The molecule has 8 heteroatoms. The number of hydrogen-bond acceptors (Lipinski definition) is 5. The maximum atomic E-state index is 13.6. The maximum Gasteiger partial charge on any atom is 0.321 e. The molecule has 1 aromatic heterocycles. The Bertz CT molecular complexity index is 995. The highest BCUT2D eigenvalue weighted by atomic mass is 16.4. The Hall–Kier alpha value is -2.87. The fourth-order valence-electron chi connectivity index (χ4n) is 6.14. The number of hydrogen-bond donors (Lipinski definition) is 1. The van der Waals surface area contributed by atoms with Crippen LogP contribution >= 0.6 is 0 Å². The van der Waals surface area contributed by atoms with Crippen molar-refractivity contribution in [3.05, 3.63) is 48.5 Å². The molecule has 5 rings (SSSR count). The van der Waals surface area contributed by atoms with Crippen LogP contribution in [0.1, 0.15) is 50.5 Å². The van der Waals surface area contributed by atoms with E-state index in [0.29, 0.717) is 18.3 Å². The van der Waals surface area contributed by atoms with Gasteiger partial charge in [-0.05, 0) is 64.1 Å². The number of amides is 3. The summed E-state index contributed by atoms with van der Waals surface area (Å²) in [6, 6.07) is 10.7. The van der Waals surface area contributed by atoms with Crippen LogP contribution in [-0.2, 0) is 10.3 Å². The van der Waals surface area contributed by atoms with E-state index in [-0.39, 0.29) is 29.6 Å². The first-order valence-corrected chi connectivity index (χ1v) is 12.4. The summed E-state index contributed by atoms with van der Waals surface area (Å²) < 4.78 is 5.13. The van der Waals surface area contributed by atoms with Crippen molar-refractivity contribution in [2.24, 2.45) is 5.92 Å². The summed E-state index contributed by atoms with van der Waals surface area (Å²) >= 11 is 0. The van der Waals surface area contributed by atoms with Crippen LogP contribution < -0.4 is 5.32 Å². The van der Waals surface area contributed by atoms with Crippen molar-refractivity contribution in [3.8, 4) is 0 Å². The van der Waals surface area contributed by atoms with Gasteiger partial charge in [-0.1, -0.05) is 36.8 Å². The molecule has 0 bridgehead atoms. The maximum absolute atomic E-state index is 13.6. The molecule has 3 fully saturated rings. The third kappa shape index (κ3) is 4.08. The van der Waals surface area contributed by atoms with Gasteiger partial charge in [0.25, 0.3) is 0 Å². The fourth-order valence-corrected chi connectivity index (χ4v) is 6.14. The number of nitrogens with one attached hydrogen (secondary N) is 1. The average molecular weight is 466 g/mol. The molecule has 1 spiro atoms. The number of carbonyl (C=O) groups excluding carboxylic acids is 2. The summed E-state index contributed by atoms with van der Waals surface area (Å²) in [5.41, 5.74) is 1.09. The van der Waals surface area contributed by atoms with E-state index in [1.54, 1.807) is 4.90 Å². The largest absolute Gasteiger partial charge is 0.428 e. The summed E-state index contributed by atoms with van der Waals surface area (Å²) in [6.45, 7) is 1.43. The van der Waals surface area contributed by atoms with Gasteiger partial charge in [0.1, 0.15) is 6.54 Å². The highest BCUT2D eigenvalue weighted by Gasteiger charge is 2.55. The third-order valence-corrected chi connectivity index (χ3v) is 8.43. The van der Waals surface area contributed by atoms with Gasteiger partial charge in [-0.25, -0.2) is 9.78 Å². The number of anilines is 1. The number of carbonyl (C=O) groups is 2. The van der Waals surface area contributed by atoms with Crippen molar-refractivity contribution < 1.29 is 14.0 Å². The monoisotopic (exact) mass is 465 g/mol. The Kier molecular flexibility index (Phi) is 6.10. The highest BCUT2D eigenvalue weighted by molar-refractivity contribution is 5.93. The summed E-state index contributed by atoms with van der Waals surface area (Å²) in [6.07, 6.45) is 10.2. The molecule has 2 heterocycles. The van der Waals surface area contributed by atoms with Gasteiger partial charge < -0.3 is 14.2 Å². The van der Waals surface area contributed by atoms with E-state index in [0.717, 1.165) is 32.2 Å². The van der Waals surface area contributed by atoms with E-state index >= 15 is 0 Å². The summed E-state index contributed by atoms with van der Waals surface area (Å²) in [5, 5.41) is 2.70. The normalized spacial score (nSPS) is 27.4. The lowest BCUT2D eigenvalue weighted by Gasteiger charge is -2.51. The topological polar surface area (TPSA) is 81.9 Å². The quantitative estimate of drug-likeness (QED) is 0.670. The van der Waals surface area contributed by atoms with Gasteiger partial charge in [-0.3, -0.25) is 15.0 Å². The first kappa shape index (κ1) is 22.9. The number of rotatable bonds is 7. The van der Waals surface area contributed by atoms with Crippen LogP contribution in [0, 0.1) is 5.92 Å². The van der Waals surface area contributed by atoms with Crippen LogP contribution in [0.15, 0.2) is 47.3 Å². The molecule has 34 heavy (non-hydrogen) atoms. The van der Waals surface area contributed by atoms with E-state index < -0.39 is 0 Å². The Morgan fingerprint density at radius 1 is 1.18 bits per heavy atom. The van der Waals surface area contributed by atoms with E-state index in [1.807, 2.05) is 0 Å². The summed E-state index contributed by atoms with van der Waals surface area (Å²) in [5.74, 6) is 0.626. The lowest BCUT2D eigenvalue weighted by molar-refractivity contribution is -0.116. The Labute approximate surface area is 201 Å². The Balaban J connectivity index is 1.35.